The fourth-order valence-corrected chi connectivity index (χ4v) is 2.69. The van der Waals surface area contributed by atoms with Crippen LogP contribution in [0.25, 0.3) is 0 Å². The third-order valence-corrected chi connectivity index (χ3v) is 3.89. The van der Waals surface area contributed by atoms with Crippen molar-refractivity contribution < 1.29 is 14.0 Å². The number of carbonyl (C=O) groups is 2. The van der Waals surface area contributed by atoms with Gasteiger partial charge < -0.3 is 10.2 Å². The van der Waals surface area contributed by atoms with Crippen LogP contribution >= 0.6 is 0 Å². The molecular formula is C16H17FN4O2. The lowest BCUT2D eigenvalue weighted by Gasteiger charge is -2.17. The van der Waals surface area contributed by atoms with Crippen LogP contribution in [-0.2, 0) is 18.4 Å². The number of halogens is 1. The van der Waals surface area contributed by atoms with Crippen LogP contribution in [0.4, 0.5) is 4.39 Å². The summed E-state index contributed by atoms with van der Waals surface area (Å²) in [6, 6.07) is 7.46. The molecule has 1 atom stereocenters. The zero-order chi connectivity index (χ0) is 16.4. The van der Waals surface area contributed by atoms with Gasteiger partial charge in [-0.1, -0.05) is 12.1 Å². The highest BCUT2D eigenvalue weighted by Gasteiger charge is 2.31. The van der Waals surface area contributed by atoms with E-state index in [-0.39, 0.29) is 30.1 Å². The number of aromatic nitrogens is 2. The molecule has 23 heavy (non-hydrogen) atoms. The highest BCUT2D eigenvalue weighted by Crippen LogP contribution is 2.16. The van der Waals surface area contributed by atoms with Gasteiger partial charge in [0, 0.05) is 32.8 Å². The first-order chi connectivity index (χ1) is 11.0. The summed E-state index contributed by atoms with van der Waals surface area (Å²) in [7, 11) is 1.69. The lowest BCUT2D eigenvalue weighted by atomic mass is 10.2. The normalized spacial score (nSPS) is 17.6. The molecule has 2 amide bonds. The average Bonchev–Trinajstić information content (AvgIpc) is 3.08. The third kappa shape index (κ3) is 3.39. The Bertz CT molecular complexity index is 726. The molecule has 2 heterocycles. The quantitative estimate of drug-likeness (QED) is 0.918. The molecule has 1 saturated heterocycles. The van der Waals surface area contributed by atoms with Gasteiger partial charge in [-0.2, -0.15) is 5.10 Å². The second-order valence-electron chi connectivity index (χ2n) is 5.62. The zero-order valence-electron chi connectivity index (χ0n) is 12.7. The maximum atomic E-state index is 12.9. The minimum atomic E-state index is -0.303. The molecule has 1 fully saturated rings. The summed E-state index contributed by atoms with van der Waals surface area (Å²) in [5, 5.41) is 6.81. The van der Waals surface area contributed by atoms with E-state index in [1.807, 2.05) is 0 Å². The van der Waals surface area contributed by atoms with Crippen LogP contribution in [0, 0.1) is 5.82 Å². The molecule has 0 spiro atoms. The Kier molecular flexibility index (Phi) is 4.10. The standard InChI is InChI=1S/C16H17FN4O2/c1-20-14(6-7-18-20)16(23)19-13-8-15(22)21(10-13)9-11-2-4-12(17)5-3-11/h2-7,13H,8-10H2,1H3,(H,19,23)/t13-/m1/s1. The molecule has 2 aromatic rings. The largest absolute Gasteiger partial charge is 0.346 e. The van der Waals surface area contributed by atoms with Crippen molar-refractivity contribution in [2.45, 2.75) is 19.0 Å². The monoisotopic (exact) mass is 316 g/mol. The lowest BCUT2D eigenvalue weighted by molar-refractivity contribution is -0.128. The van der Waals surface area contributed by atoms with Crippen molar-refractivity contribution in [3.8, 4) is 0 Å². The van der Waals surface area contributed by atoms with E-state index in [1.54, 1.807) is 36.3 Å². The third-order valence-electron chi connectivity index (χ3n) is 3.89. The zero-order valence-corrected chi connectivity index (χ0v) is 12.7. The molecule has 3 rings (SSSR count). The van der Waals surface area contributed by atoms with Gasteiger partial charge in [0.15, 0.2) is 0 Å². The van der Waals surface area contributed by atoms with Crippen molar-refractivity contribution in [3.63, 3.8) is 0 Å². The van der Waals surface area contributed by atoms with Crippen molar-refractivity contribution in [2.24, 2.45) is 7.05 Å². The summed E-state index contributed by atoms with van der Waals surface area (Å²) in [5.41, 5.74) is 1.31. The minimum Gasteiger partial charge on any atom is -0.346 e. The second-order valence-corrected chi connectivity index (χ2v) is 5.62. The van der Waals surface area contributed by atoms with Crippen molar-refractivity contribution in [3.05, 3.63) is 53.6 Å². The first-order valence-corrected chi connectivity index (χ1v) is 7.34. The smallest absolute Gasteiger partial charge is 0.269 e. The van der Waals surface area contributed by atoms with E-state index in [1.165, 1.54) is 16.8 Å². The van der Waals surface area contributed by atoms with Crippen molar-refractivity contribution in [2.75, 3.05) is 6.54 Å². The minimum absolute atomic E-state index is 0.0235. The SMILES string of the molecule is Cn1nccc1C(=O)N[C@@H]1CC(=O)N(Cc2ccc(F)cc2)C1. The number of hydrogen-bond donors (Lipinski definition) is 1. The van der Waals surface area contributed by atoms with Crippen LogP contribution in [-0.4, -0.2) is 39.1 Å². The number of aryl methyl sites for hydroxylation is 1. The summed E-state index contributed by atoms with van der Waals surface area (Å²) < 4.78 is 14.4. The number of nitrogens with zero attached hydrogens (tertiary/aromatic N) is 3. The van der Waals surface area contributed by atoms with Crippen LogP contribution < -0.4 is 5.32 Å². The molecule has 7 heteroatoms. The molecule has 0 unspecified atom stereocenters. The summed E-state index contributed by atoms with van der Waals surface area (Å²) in [6.45, 7) is 0.858. The molecule has 1 aromatic carbocycles. The number of carbonyl (C=O) groups excluding carboxylic acids is 2. The Labute approximate surface area is 132 Å². The number of amides is 2. The number of likely N-dealkylation sites (tertiary alicyclic amines) is 1. The second kappa shape index (κ2) is 6.20. The van der Waals surface area contributed by atoms with E-state index in [4.69, 9.17) is 0 Å². The molecule has 120 valence electrons. The Balaban J connectivity index is 1.60. The Morgan fingerprint density at radius 2 is 2.09 bits per heavy atom. The van der Waals surface area contributed by atoms with E-state index < -0.39 is 0 Å². The predicted octanol–water partition coefficient (Wildman–Crippen LogP) is 1.09. The first kappa shape index (κ1) is 15.2. The Morgan fingerprint density at radius 1 is 1.35 bits per heavy atom. The Morgan fingerprint density at radius 3 is 2.74 bits per heavy atom. The lowest BCUT2D eigenvalue weighted by Crippen LogP contribution is -2.37. The van der Waals surface area contributed by atoms with E-state index in [0.29, 0.717) is 18.8 Å². The summed E-state index contributed by atoms with van der Waals surface area (Å²) in [4.78, 5) is 25.9. The molecule has 0 saturated carbocycles. The molecule has 6 nitrogen and oxygen atoms in total. The van der Waals surface area contributed by atoms with Gasteiger partial charge in [0.25, 0.3) is 5.91 Å². The fourth-order valence-electron chi connectivity index (χ4n) is 2.69. The van der Waals surface area contributed by atoms with Gasteiger partial charge in [0.05, 0.1) is 6.04 Å². The maximum absolute atomic E-state index is 12.9. The summed E-state index contributed by atoms with van der Waals surface area (Å²) in [5.74, 6) is -0.570. The highest BCUT2D eigenvalue weighted by molar-refractivity contribution is 5.93. The van der Waals surface area contributed by atoms with E-state index in [9.17, 15) is 14.0 Å². The maximum Gasteiger partial charge on any atom is 0.269 e. The number of hydrogen-bond acceptors (Lipinski definition) is 3. The molecule has 0 radical (unpaired) electrons. The predicted molar refractivity (Wildman–Crippen MR) is 80.9 cm³/mol. The van der Waals surface area contributed by atoms with E-state index in [2.05, 4.69) is 10.4 Å². The van der Waals surface area contributed by atoms with Crippen molar-refractivity contribution in [1.29, 1.82) is 0 Å². The van der Waals surface area contributed by atoms with Crippen LogP contribution in [0.15, 0.2) is 36.5 Å². The van der Waals surface area contributed by atoms with Crippen LogP contribution in [0.1, 0.15) is 22.5 Å². The fraction of sp³-hybridized carbons (Fsp3) is 0.312. The van der Waals surface area contributed by atoms with Gasteiger partial charge in [-0.15, -0.1) is 0 Å². The van der Waals surface area contributed by atoms with Gasteiger partial charge >= 0.3 is 0 Å². The molecule has 0 aliphatic carbocycles. The van der Waals surface area contributed by atoms with Gasteiger partial charge in [0.1, 0.15) is 11.5 Å². The van der Waals surface area contributed by atoms with E-state index in [0.717, 1.165) is 5.56 Å². The molecular weight excluding hydrogens is 299 g/mol. The van der Waals surface area contributed by atoms with Gasteiger partial charge in [-0.25, -0.2) is 4.39 Å². The van der Waals surface area contributed by atoms with Gasteiger partial charge in [-0.05, 0) is 23.8 Å². The van der Waals surface area contributed by atoms with Crippen LogP contribution in [0.5, 0.6) is 0 Å². The molecule has 1 aromatic heterocycles. The topological polar surface area (TPSA) is 67.2 Å². The average molecular weight is 316 g/mol. The van der Waals surface area contributed by atoms with Crippen LogP contribution in [0.3, 0.4) is 0 Å². The number of benzene rings is 1. The summed E-state index contributed by atoms with van der Waals surface area (Å²) >= 11 is 0. The molecule has 1 N–H and O–H groups in total. The molecule has 0 bridgehead atoms. The van der Waals surface area contributed by atoms with Crippen LogP contribution in [0.2, 0.25) is 0 Å². The first-order valence-electron chi connectivity index (χ1n) is 7.34. The highest BCUT2D eigenvalue weighted by atomic mass is 19.1. The Hall–Kier alpha value is -2.70. The van der Waals surface area contributed by atoms with Crippen molar-refractivity contribution >= 4 is 11.8 Å². The molecule has 1 aliphatic rings. The van der Waals surface area contributed by atoms with E-state index >= 15 is 0 Å². The molecule has 1 aliphatic heterocycles. The number of nitrogens with one attached hydrogen (secondary N) is 1. The van der Waals surface area contributed by atoms with Gasteiger partial charge in [0.2, 0.25) is 5.91 Å². The summed E-state index contributed by atoms with van der Waals surface area (Å²) in [6.07, 6.45) is 1.82. The van der Waals surface area contributed by atoms with Gasteiger partial charge in [-0.3, -0.25) is 14.3 Å². The van der Waals surface area contributed by atoms with Crippen molar-refractivity contribution in [1.82, 2.24) is 20.0 Å². The number of rotatable bonds is 4.